The lowest BCUT2D eigenvalue weighted by molar-refractivity contribution is 0.102. The molecule has 3 aromatic rings. The monoisotopic (exact) mass is 381 g/mol. The van der Waals surface area contributed by atoms with Crippen molar-refractivity contribution in [2.75, 3.05) is 5.32 Å². The van der Waals surface area contributed by atoms with Crippen LogP contribution in [0.15, 0.2) is 35.8 Å². The van der Waals surface area contributed by atoms with Crippen LogP contribution in [0.1, 0.15) is 16.1 Å². The molecule has 1 aromatic carbocycles. The van der Waals surface area contributed by atoms with Gasteiger partial charge in [-0.05, 0) is 19.1 Å². The Balaban J connectivity index is 1.82. The third-order valence-corrected chi connectivity index (χ3v) is 4.93. The molecule has 122 valence electrons. The van der Waals surface area contributed by atoms with Crippen LogP contribution in [-0.2, 0) is 0 Å². The van der Waals surface area contributed by atoms with Gasteiger partial charge in [0, 0.05) is 17.1 Å². The zero-order chi connectivity index (χ0) is 17.3. The molecular weight excluding hydrogens is 372 g/mol. The third kappa shape index (κ3) is 3.40. The van der Waals surface area contributed by atoms with Gasteiger partial charge in [0.1, 0.15) is 5.82 Å². The summed E-state index contributed by atoms with van der Waals surface area (Å²) in [5.41, 5.74) is 1.90. The van der Waals surface area contributed by atoms with Crippen LogP contribution in [0.25, 0.3) is 11.3 Å². The molecule has 0 bridgehead atoms. The van der Waals surface area contributed by atoms with Gasteiger partial charge < -0.3 is 0 Å². The molecule has 1 amide bonds. The Morgan fingerprint density at radius 1 is 1.29 bits per heavy atom. The number of pyridine rings is 1. The van der Waals surface area contributed by atoms with Crippen LogP contribution in [0.5, 0.6) is 0 Å². The topological polar surface area (TPSA) is 54.9 Å². The Morgan fingerprint density at radius 3 is 2.83 bits per heavy atom. The SMILES string of the molecule is Cc1ncc(C(=O)Nc2nc(-c3cccc(F)c3)cs2)c(Cl)c1Cl. The second-order valence-corrected chi connectivity index (χ2v) is 6.50. The fraction of sp³-hybridized carbons (Fsp3) is 0.0625. The number of aromatic nitrogens is 2. The maximum Gasteiger partial charge on any atom is 0.260 e. The Morgan fingerprint density at radius 2 is 2.08 bits per heavy atom. The molecule has 0 aliphatic carbocycles. The van der Waals surface area contributed by atoms with Crippen LogP contribution in [-0.4, -0.2) is 15.9 Å². The molecule has 0 saturated heterocycles. The number of benzene rings is 1. The van der Waals surface area contributed by atoms with Crippen molar-refractivity contribution in [1.82, 2.24) is 9.97 Å². The molecule has 8 heteroatoms. The highest BCUT2D eigenvalue weighted by molar-refractivity contribution is 7.14. The normalized spacial score (nSPS) is 10.7. The van der Waals surface area contributed by atoms with E-state index < -0.39 is 5.91 Å². The van der Waals surface area contributed by atoms with Crippen molar-refractivity contribution in [3.05, 3.63) is 63.0 Å². The molecule has 2 aromatic heterocycles. The van der Waals surface area contributed by atoms with Gasteiger partial charge in [-0.15, -0.1) is 11.3 Å². The van der Waals surface area contributed by atoms with E-state index in [9.17, 15) is 9.18 Å². The van der Waals surface area contributed by atoms with Crippen molar-refractivity contribution >= 4 is 45.6 Å². The van der Waals surface area contributed by atoms with Crippen molar-refractivity contribution in [2.45, 2.75) is 6.92 Å². The van der Waals surface area contributed by atoms with Crippen LogP contribution in [0.4, 0.5) is 9.52 Å². The molecule has 0 fully saturated rings. The first kappa shape index (κ1) is 16.8. The second-order valence-electron chi connectivity index (χ2n) is 4.89. The zero-order valence-corrected chi connectivity index (χ0v) is 14.6. The average molecular weight is 382 g/mol. The van der Waals surface area contributed by atoms with Crippen molar-refractivity contribution in [1.29, 1.82) is 0 Å². The standard InChI is InChI=1S/C16H10Cl2FN3OS/c1-8-13(17)14(18)11(6-20-8)15(23)22-16-21-12(7-24-16)9-3-2-4-10(19)5-9/h2-7H,1H3,(H,21,22,23). The molecule has 0 spiro atoms. The van der Waals surface area contributed by atoms with Gasteiger partial charge >= 0.3 is 0 Å². The number of hydrogen-bond acceptors (Lipinski definition) is 4. The summed E-state index contributed by atoms with van der Waals surface area (Å²) in [4.78, 5) is 20.6. The molecule has 1 N–H and O–H groups in total. The maximum absolute atomic E-state index is 13.3. The first-order valence-electron chi connectivity index (χ1n) is 6.79. The van der Waals surface area contributed by atoms with E-state index in [2.05, 4.69) is 15.3 Å². The van der Waals surface area contributed by atoms with Gasteiger partial charge in [0.15, 0.2) is 5.13 Å². The molecule has 2 heterocycles. The molecule has 0 radical (unpaired) electrons. The van der Waals surface area contributed by atoms with Gasteiger partial charge in [-0.25, -0.2) is 9.37 Å². The summed E-state index contributed by atoms with van der Waals surface area (Å²) in [6.45, 7) is 1.70. The zero-order valence-electron chi connectivity index (χ0n) is 12.3. The van der Waals surface area contributed by atoms with E-state index in [-0.39, 0.29) is 21.4 Å². The fourth-order valence-electron chi connectivity index (χ4n) is 1.99. The average Bonchev–Trinajstić information content (AvgIpc) is 3.01. The number of carbonyl (C=O) groups excluding carboxylic acids is 1. The highest BCUT2D eigenvalue weighted by atomic mass is 35.5. The molecule has 0 saturated carbocycles. The van der Waals surface area contributed by atoms with Crippen molar-refractivity contribution < 1.29 is 9.18 Å². The number of nitrogens with one attached hydrogen (secondary N) is 1. The van der Waals surface area contributed by atoms with Crippen LogP contribution >= 0.6 is 34.5 Å². The first-order chi connectivity index (χ1) is 11.5. The Bertz CT molecular complexity index is 929. The number of amides is 1. The number of halogens is 3. The molecular formula is C16H10Cl2FN3OS. The van der Waals surface area contributed by atoms with Crippen molar-refractivity contribution in [3.63, 3.8) is 0 Å². The molecule has 0 aliphatic rings. The summed E-state index contributed by atoms with van der Waals surface area (Å²) < 4.78 is 13.3. The van der Waals surface area contributed by atoms with Gasteiger partial charge in [-0.1, -0.05) is 35.3 Å². The minimum absolute atomic E-state index is 0.142. The van der Waals surface area contributed by atoms with Gasteiger partial charge in [0.05, 0.1) is 27.0 Å². The lowest BCUT2D eigenvalue weighted by Crippen LogP contribution is -2.13. The van der Waals surface area contributed by atoms with E-state index in [0.717, 1.165) is 0 Å². The minimum Gasteiger partial charge on any atom is -0.298 e. The molecule has 0 atom stereocenters. The summed E-state index contributed by atoms with van der Waals surface area (Å²) in [6.07, 6.45) is 1.36. The number of hydrogen-bond donors (Lipinski definition) is 1. The lowest BCUT2D eigenvalue weighted by Gasteiger charge is -2.06. The summed E-state index contributed by atoms with van der Waals surface area (Å²) in [6, 6.07) is 6.07. The molecule has 0 unspecified atom stereocenters. The number of rotatable bonds is 3. The van der Waals surface area contributed by atoms with Crippen molar-refractivity contribution in [2.24, 2.45) is 0 Å². The Kier molecular flexibility index (Phi) is 4.80. The van der Waals surface area contributed by atoms with Gasteiger partial charge in [0.25, 0.3) is 5.91 Å². The highest BCUT2D eigenvalue weighted by Crippen LogP contribution is 2.29. The molecule has 4 nitrogen and oxygen atoms in total. The third-order valence-electron chi connectivity index (χ3n) is 3.22. The van der Waals surface area contributed by atoms with Crippen LogP contribution in [0, 0.1) is 12.7 Å². The first-order valence-corrected chi connectivity index (χ1v) is 8.42. The second kappa shape index (κ2) is 6.84. The van der Waals surface area contributed by atoms with Crippen LogP contribution in [0.2, 0.25) is 10.0 Å². The lowest BCUT2D eigenvalue weighted by atomic mass is 10.2. The largest absolute Gasteiger partial charge is 0.298 e. The maximum atomic E-state index is 13.3. The van der Waals surface area contributed by atoms with Gasteiger partial charge in [0.2, 0.25) is 0 Å². The van der Waals surface area contributed by atoms with Gasteiger partial charge in [-0.2, -0.15) is 0 Å². The highest BCUT2D eigenvalue weighted by Gasteiger charge is 2.17. The summed E-state index contributed by atoms with van der Waals surface area (Å²) in [5.74, 6) is -0.812. The number of nitrogens with zero attached hydrogens (tertiary/aromatic N) is 2. The fourth-order valence-corrected chi connectivity index (χ4v) is 3.12. The summed E-state index contributed by atoms with van der Waals surface area (Å²) in [7, 11) is 0. The quantitative estimate of drug-likeness (QED) is 0.677. The van der Waals surface area contributed by atoms with Crippen molar-refractivity contribution in [3.8, 4) is 11.3 Å². The van der Waals surface area contributed by atoms with E-state index in [1.807, 2.05) is 0 Å². The number of aryl methyl sites for hydroxylation is 1. The molecule has 24 heavy (non-hydrogen) atoms. The van der Waals surface area contributed by atoms with Crippen LogP contribution in [0.3, 0.4) is 0 Å². The summed E-state index contributed by atoms with van der Waals surface area (Å²) in [5, 5.41) is 5.12. The molecule has 3 rings (SSSR count). The summed E-state index contributed by atoms with van der Waals surface area (Å²) >= 11 is 13.3. The predicted octanol–water partition coefficient (Wildman–Crippen LogP) is 5.21. The van der Waals surface area contributed by atoms with Gasteiger partial charge in [-0.3, -0.25) is 15.1 Å². The van der Waals surface area contributed by atoms with E-state index >= 15 is 0 Å². The van der Waals surface area contributed by atoms with E-state index in [4.69, 9.17) is 23.2 Å². The Labute approximate surface area is 151 Å². The number of anilines is 1. The number of thiazole rings is 1. The van der Waals surface area contributed by atoms with Crippen LogP contribution < -0.4 is 5.32 Å². The van der Waals surface area contributed by atoms with E-state index in [1.54, 1.807) is 24.4 Å². The van der Waals surface area contributed by atoms with E-state index in [1.165, 1.54) is 29.7 Å². The number of carbonyl (C=O) groups is 1. The predicted molar refractivity (Wildman–Crippen MR) is 94.5 cm³/mol. The Hall–Kier alpha value is -2.02. The van der Waals surface area contributed by atoms with E-state index in [0.29, 0.717) is 22.1 Å². The molecule has 0 aliphatic heterocycles. The minimum atomic E-state index is -0.463. The smallest absolute Gasteiger partial charge is 0.260 e.